The summed E-state index contributed by atoms with van der Waals surface area (Å²) in [5.41, 5.74) is 1.84. The van der Waals surface area contributed by atoms with Gasteiger partial charge in [0.05, 0.1) is 19.6 Å². The topological polar surface area (TPSA) is 60.9 Å². The van der Waals surface area contributed by atoms with Crippen molar-refractivity contribution >= 4 is 17.6 Å². The van der Waals surface area contributed by atoms with Gasteiger partial charge in [0.25, 0.3) is 0 Å². The van der Waals surface area contributed by atoms with Gasteiger partial charge >= 0.3 is 5.97 Å². The zero-order valence-electron chi connectivity index (χ0n) is 14.5. The summed E-state index contributed by atoms with van der Waals surface area (Å²) >= 11 is 0. The fraction of sp³-hybridized carbons (Fsp3) is 0.300. The van der Waals surface area contributed by atoms with E-state index in [4.69, 9.17) is 5.11 Å². The van der Waals surface area contributed by atoms with Crippen molar-refractivity contribution in [2.24, 2.45) is 0 Å². The van der Waals surface area contributed by atoms with Crippen LogP contribution in [-0.2, 0) is 16.1 Å². The van der Waals surface area contributed by atoms with E-state index in [1.165, 1.54) is 0 Å². The number of carboxylic acids is 1. The summed E-state index contributed by atoms with van der Waals surface area (Å²) in [4.78, 5) is 27.3. The minimum Gasteiger partial charge on any atom is -0.480 e. The van der Waals surface area contributed by atoms with Crippen LogP contribution >= 0.6 is 0 Å². The van der Waals surface area contributed by atoms with Crippen molar-refractivity contribution in [2.75, 3.05) is 24.5 Å². The van der Waals surface area contributed by atoms with Crippen LogP contribution in [0.1, 0.15) is 18.9 Å². The first-order valence-electron chi connectivity index (χ1n) is 8.43. The van der Waals surface area contributed by atoms with Gasteiger partial charge in [-0.3, -0.25) is 14.5 Å². The molecule has 0 heterocycles. The Morgan fingerprint density at radius 2 is 1.52 bits per heavy atom. The standard InChI is InChI=1S/C20H24N2O3/c1-2-13-21(16-20(24)25)15-19(23)22(18-11-7-4-8-12-18)14-17-9-5-3-6-10-17/h3-12H,2,13-16H2,1H3,(H,24,25). The molecule has 0 aliphatic carbocycles. The Hall–Kier alpha value is -2.66. The predicted octanol–water partition coefficient (Wildman–Crippen LogP) is 3.02. The third kappa shape index (κ3) is 6.04. The molecule has 2 rings (SSSR count). The first-order chi connectivity index (χ1) is 12.1. The third-order valence-electron chi connectivity index (χ3n) is 3.81. The highest BCUT2D eigenvalue weighted by Gasteiger charge is 2.20. The van der Waals surface area contributed by atoms with Crippen LogP contribution in [0.15, 0.2) is 60.7 Å². The zero-order chi connectivity index (χ0) is 18.1. The summed E-state index contributed by atoms with van der Waals surface area (Å²) < 4.78 is 0. The van der Waals surface area contributed by atoms with Gasteiger partial charge in [-0.1, -0.05) is 55.5 Å². The van der Waals surface area contributed by atoms with E-state index in [0.29, 0.717) is 13.1 Å². The Bertz CT molecular complexity index is 674. The second kappa shape index (κ2) is 9.59. The van der Waals surface area contributed by atoms with Crippen molar-refractivity contribution < 1.29 is 14.7 Å². The maximum absolute atomic E-state index is 12.9. The van der Waals surface area contributed by atoms with Crippen LogP contribution in [0.5, 0.6) is 0 Å². The van der Waals surface area contributed by atoms with Crippen LogP contribution in [0.3, 0.4) is 0 Å². The Balaban J connectivity index is 2.18. The van der Waals surface area contributed by atoms with E-state index in [-0.39, 0.29) is 19.0 Å². The number of carbonyl (C=O) groups is 2. The molecule has 0 unspecified atom stereocenters. The van der Waals surface area contributed by atoms with E-state index in [1.54, 1.807) is 9.80 Å². The third-order valence-corrected chi connectivity index (χ3v) is 3.81. The minimum absolute atomic E-state index is 0.0852. The number of benzene rings is 2. The van der Waals surface area contributed by atoms with Gasteiger partial charge in [0.1, 0.15) is 0 Å². The van der Waals surface area contributed by atoms with Gasteiger partial charge in [0.15, 0.2) is 0 Å². The lowest BCUT2D eigenvalue weighted by Gasteiger charge is -2.27. The fourth-order valence-electron chi connectivity index (χ4n) is 2.70. The highest BCUT2D eigenvalue weighted by atomic mass is 16.4. The van der Waals surface area contributed by atoms with Crippen LogP contribution in [0.2, 0.25) is 0 Å². The molecule has 1 N–H and O–H groups in total. The lowest BCUT2D eigenvalue weighted by molar-refractivity contribution is -0.138. The molecule has 0 aliphatic rings. The van der Waals surface area contributed by atoms with Crippen LogP contribution < -0.4 is 4.90 Å². The Morgan fingerprint density at radius 3 is 2.08 bits per heavy atom. The molecule has 132 valence electrons. The lowest BCUT2D eigenvalue weighted by atomic mass is 10.2. The molecule has 0 aromatic heterocycles. The maximum atomic E-state index is 12.9. The van der Waals surface area contributed by atoms with Gasteiger partial charge in [-0.05, 0) is 30.7 Å². The van der Waals surface area contributed by atoms with Gasteiger partial charge in [-0.15, -0.1) is 0 Å². The van der Waals surface area contributed by atoms with Gasteiger partial charge in [0, 0.05) is 5.69 Å². The molecule has 0 atom stereocenters. The molecule has 0 spiro atoms. The van der Waals surface area contributed by atoms with Gasteiger partial charge in [-0.25, -0.2) is 0 Å². The molecule has 5 heteroatoms. The maximum Gasteiger partial charge on any atom is 0.317 e. The monoisotopic (exact) mass is 340 g/mol. The molecule has 0 saturated carbocycles. The molecular weight excluding hydrogens is 316 g/mol. The number of carboxylic acid groups (broad SMARTS) is 1. The average molecular weight is 340 g/mol. The average Bonchev–Trinajstić information content (AvgIpc) is 2.61. The number of anilines is 1. The number of hydrogen-bond acceptors (Lipinski definition) is 3. The Labute approximate surface area is 148 Å². The SMILES string of the molecule is CCCN(CC(=O)O)CC(=O)N(Cc1ccccc1)c1ccccc1. The van der Waals surface area contributed by atoms with E-state index >= 15 is 0 Å². The van der Waals surface area contributed by atoms with Crippen molar-refractivity contribution in [3.8, 4) is 0 Å². The van der Waals surface area contributed by atoms with Crippen molar-refractivity contribution in [1.29, 1.82) is 0 Å². The number of hydrogen-bond donors (Lipinski definition) is 1. The number of amides is 1. The first kappa shape index (κ1) is 18.7. The largest absolute Gasteiger partial charge is 0.480 e. The molecule has 0 bridgehead atoms. The van der Waals surface area contributed by atoms with Crippen LogP contribution in [-0.4, -0.2) is 41.5 Å². The molecule has 0 saturated heterocycles. The van der Waals surface area contributed by atoms with Crippen molar-refractivity contribution in [2.45, 2.75) is 19.9 Å². The molecule has 5 nitrogen and oxygen atoms in total. The zero-order valence-corrected chi connectivity index (χ0v) is 14.5. The summed E-state index contributed by atoms with van der Waals surface area (Å²) in [6.07, 6.45) is 0.796. The van der Waals surface area contributed by atoms with Crippen LogP contribution in [0.25, 0.3) is 0 Å². The molecule has 0 fully saturated rings. The fourth-order valence-corrected chi connectivity index (χ4v) is 2.70. The van der Waals surface area contributed by atoms with E-state index in [1.807, 2.05) is 67.6 Å². The number of rotatable bonds is 9. The molecule has 25 heavy (non-hydrogen) atoms. The highest BCUT2D eigenvalue weighted by molar-refractivity contribution is 5.94. The summed E-state index contributed by atoms with van der Waals surface area (Å²) in [5, 5.41) is 9.05. The smallest absolute Gasteiger partial charge is 0.317 e. The second-order valence-electron chi connectivity index (χ2n) is 5.91. The molecule has 0 radical (unpaired) electrons. The molecule has 1 amide bonds. The number of para-hydroxylation sites is 1. The Morgan fingerprint density at radius 1 is 0.920 bits per heavy atom. The Kier molecular flexibility index (Phi) is 7.16. The van der Waals surface area contributed by atoms with Gasteiger partial charge < -0.3 is 10.0 Å². The van der Waals surface area contributed by atoms with Crippen molar-refractivity contribution in [3.05, 3.63) is 66.2 Å². The van der Waals surface area contributed by atoms with E-state index in [9.17, 15) is 9.59 Å². The molecule has 2 aromatic carbocycles. The van der Waals surface area contributed by atoms with E-state index in [0.717, 1.165) is 17.7 Å². The number of aliphatic carboxylic acids is 1. The summed E-state index contributed by atoms with van der Waals surface area (Å²) in [5.74, 6) is -1.03. The van der Waals surface area contributed by atoms with E-state index in [2.05, 4.69) is 0 Å². The summed E-state index contributed by atoms with van der Waals surface area (Å²) in [7, 11) is 0. The summed E-state index contributed by atoms with van der Waals surface area (Å²) in [6, 6.07) is 19.2. The lowest BCUT2D eigenvalue weighted by Crippen LogP contribution is -2.42. The van der Waals surface area contributed by atoms with Crippen molar-refractivity contribution in [1.82, 2.24) is 4.90 Å². The minimum atomic E-state index is -0.921. The number of nitrogens with zero attached hydrogens (tertiary/aromatic N) is 2. The van der Waals surface area contributed by atoms with Crippen LogP contribution in [0, 0.1) is 0 Å². The second-order valence-corrected chi connectivity index (χ2v) is 5.91. The predicted molar refractivity (Wildman–Crippen MR) is 98.4 cm³/mol. The first-order valence-corrected chi connectivity index (χ1v) is 8.43. The van der Waals surface area contributed by atoms with E-state index < -0.39 is 5.97 Å². The van der Waals surface area contributed by atoms with Crippen LogP contribution in [0.4, 0.5) is 5.69 Å². The normalized spacial score (nSPS) is 10.6. The number of carbonyl (C=O) groups excluding carboxylic acids is 1. The quantitative estimate of drug-likeness (QED) is 0.762. The summed E-state index contributed by atoms with van der Waals surface area (Å²) in [6.45, 7) is 2.95. The molecular formula is C20H24N2O3. The highest BCUT2D eigenvalue weighted by Crippen LogP contribution is 2.17. The van der Waals surface area contributed by atoms with Gasteiger partial charge in [0.2, 0.25) is 5.91 Å². The molecule has 0 aliphatic heterocycles. The van der Waals surface area contributed by atoms with Crippen molar-refractivity contribution in [3.63, 3.8) is 0 Å². The van der Waals surface area contributed by atoms with Gasteiger partial charge in [-0.2, -0.15) is 0 Å². The molecule has 2 aromatic rings.